The highest BCUT2D eigenvalue weighted by Crippen LogP contribution is 2.33. The van der Waals surface area contributed by atoms with Gasteiger partial charge in [0.25, 0.3) is 0 Å². The van der Waals surface area contributed by atoms with Crippen molar-refractivity contribution in [3.63, 3.8) is 0 Å². The lowest BCUT2D eigenvalue weighted by molar-refractivity contribution is -0.141. The molecule has 0 radical (unpaired) electrons. The maximum Gasteiger partial charge on any atom is 0.433 e. The predicted octanol–water partition coefficient (Wildman–Crippen LogP) is 5.69. The van der Waals surface area contributed by atoms with Gasteiger partial charge in [0.15, 0.2) is 11.5 Å². The number of nitrogens with one attached hydrogen (secondary N) is 1. The normalized spacial score (nSPS) is 11.1. The molecular formula is C24H20F3N5O3. The molecule has 2 aromatic carbocycles. The highest BCUT2D eigenvalue weighted by Gasteiger charge is 2.32. The molecule has 0 atom stereocenters. The van der Waals surface area contributed by atoms with Gasteiger partial charge in [-0.15, -0.1) is 0 Å². The molecule has 35 heavy (non-hydrogen) atoms. The van der Waals surface area contributed by atoms with Gasteiger partial charge < -0.3 is 25.3 Å². The fourth-order valence-electron chi connectivity index (χ4n) is 3.19. The van der Waals surface area contributed by atoms with Crippen LogP contribution in [0.5, 0.6) is 23.0 Å². The van der Waals surface area contributed by atoms with Crippen molar-refractivity contribution in [2.45, 2.75) is 6.18 Å². The number of halogens is 3. The third kappa shape index (κ3) is 5.69. The largest absolute Gasteiger partial charge is 0.493 e. The molecule has 0 saturated heterocycles. The third-order valence-corrected chi connectivity index (χ3v) is 4.81. The molecule has 180 valence electrons. The van der Waals surface area contributed by atoms with Crippen molar-refractivity contribution in [2.24, 2.45) is 0 Å². The van der Waals surface area contributed by atoms with Crippen LogP contribution in [-0.4, -0.2) is 29.2 Å². The van der Waals surface area contributed by atoms with E-state index < -0.39 is 11.9 Å². The highest BCUT2D eigenvalue weighted by molar-refractivity contribution is 5.69. The molecule has 4 aromatic rings. The van der Waals surface area contributed by atoms with Crippen LogP contribution in [0.15, 0.2) is 66.9 Å². The first-order chi connectivity index (χ1) is 16.7. The van der Waals surface area contributed by atoms with Gasteiger partial charge in [0.2, 0.25) is 5.95 Å². The van der Waals surface area contributed by atoms with Gasteiger partial charge >= 0.3 is 6.18 Å². The molecule has 0 amide bonds. The van der Waals surface area contributed by atoms with E-state index in [1.165, 1.54) is 6.07 Å². The molecule has 2 aromatic heterocycles. The first-order valence-electron chi connectivity index (χ1n) is 10.2. The maximum atomic E-state index is 12.8. The van der Waals surface area contributed by atoms with Crippen molar-refractivity contribution in [1.29, 1.82) is 0 Å². The molecule has 0 aliphatic carbocycles. The number of hydrogen-bond donors (Lipinski definition) is 2. The fraction of sp³-hybridized carbons (Fsp3) is 0.125. The quantitative estimate of drug-likeness (QED) is 0.345. The van der Waals surface area contributed by atoms with E-state index in [4.69, 9.17) is 19.9 Å². The van der Waals surface area contributed by atoms with E-state index in [1.54, 1.807) is 56.7 Å². The van der Waals surface area contributed by atoms with Crippen molar-refractivity contribution in [3.05, 3.63) is 72.6 Å². The summed E-state index contributed by atoms with van der Waals surface area (Å²) in [5.74, 6) is 2.02. The van der Waals surface area contributed by atoms with Crippen LogP contribution in [0.2, 0.25) is 0 Å². The highest BCUT2D eigenvalue weighted by atomic mass is 19.4. The van der Waals surface area contributed by atoms with Gasteiger partial charge in [-0.1, -0.05) is 0 Å². The molecule has 8 nitrogen and oxygen atoms in total. The summed E-state index contributed by atoms with van der Waals surface area (Å²) in [4.78, 5) is 11.8. The van der Waals surface area contributed by atoms with Gasteiger partial charge in [-0.25, -0.2) is 4.98 Å². The first kappa shape index (κ1) is 23.6. The van der Waals surface area contributed by atoms with Crippen LogP contribution in [0.25, 0.3) is 11.3 Å². The van der Waals surface area contributed by atoms with Crippen LogP contribution in [0, 0.1) is 0 Å². The Morgan fingerprint density at radius 2 is 1.57 bits per heavy atom. The van der Waals surface area contributed by atoms with Crippen molar-refractivity contribution in [2.75, 3.05) is 25.3 Å². The number of ether oxygens (including phenoxy) is 3. The summed E-state index contributed by atoms with van der Waals surface area (Å²) in [7, 11) is 3.09. The number of methoxy groups -OCH3 is 2. The van der Waals surface area contributed by atoms with E-state index in [9.17, 15) is 13.2 Å². The lowest BCUT2D eigenvalue weighted by Crippen LogP contribution is -2.07. The van der Waals surface area contributed by atoms with Gasteiger partial charge in [0.1, 0.15) is 23.0 Å². The minimum atomic E-state index is -4.55. The molecular weight excluding hydrogens is 463 g/mol. The van der Waals surface area contributed by atoms with Gasteiger partial charge in [-0.3, -0.25) is 4.98 Å². The molecule has 0 fully saturated rings. The summed E-state index contributed by atoms with van der Waals surface area (Å²) in [6, 6.07) is 15.9. The van der Waals surface area contributed by atoms with E-state index in [1.807, 2.05) is 6.07 Å². The Hall–Kier alpha value is -4.54. The summed E-state index contributed by atoms with van der Waals surface area (Å²) < 4.78 is 54.7. The zero-order chi connectivity index (χ0) is 25.0. The van der Waals surface area contributed by atoms with Crippen LogP contribution >= 0.6 is 0 Å². The predicted molar refractivity (Wildman–Crippen MR) is 124 cm³/mol. The van der Waals surface area contributed by atoms with E-state index in [0.717, 1.165) is 17.8 Å². The standard InChI is InChI=1S/C24H20F3N5O3/c1-33-19-8-3-14(11-20(19)34-2)18-13-22(32-23(28)31-18)30-15-4-6-16(7-5-15)35-17-9-10-29-21(12-17)24(25,26)27/h3-13H,1-2H3,(H3,28,30,31,32). The molecule has 11 heteroatoms. The summed E-state index contributed by atoms with van der Waals surface area (Å²) in [5, 5.41) is 3.12. The Morgan fingerprint density at radius 1 is 0.829 bits per heavy atom. The minimum Gasteiger partial charge on any atom is -0.493 e. The number of nitrogens with two attached hydrogens (primary N) is 1. The number of anilines is 3. The fourth-order valence-corrected chi connectivity index (χ4v) is 3.19. The van der Waals surface area contributed by atoms with Crippen molar-refractivity contribution in [1.82, 2.24) is 15.0 Å². The second-order valence-electron chi connectivity index (χ2n) is 7.19. The molecule has 0 bridgehead atoms. The monoisotopic (exact) mass is 483 g/mol. The Balaban J connectivity index is 1.51. The SMILES string of the molecule is COc1ccc(-c2cc(Nc3ccc(Oc4ccnc(C(F)(F)F)c4)cc3)nc(N)n2)cc1OC. The summed E-state index contributed by atoms with van der Waals surface area (Å²) in [6.45, 7) is 0. The number of aromatic nitrogens is 3. The van der Waals surface area contributed by atoms with Crippen LogP contribution in [0.3, 0.4) is 0 Å². The average Bonchev–Trinajstić information content (AvgIpc) is 2.84. The molecule has 4 rings (SSSR count). The Bertz CT molecular complexity index is 1330. The number of nitrogen functional groups attached to an aromatic ring is 1. The van der Waals surface area contributed by atoms with Gasteiger partial charge in [-0.05, 0) is 48.5 Å². The maximum absolute atomic E-state index is 12.8. The number of rotatable bonds is 7. The summed E-state index contributed by atoms with van der Waals surface area (Å²) >= 11 is 0. The summed E-state index contributed by atoms with van der Waals surface area (Å²) in [6.07, 6.45) is -3.51. The average molecular weight is 483 g/mol. The lowest BCUT2D eigenvalue weighted by Gasteiger charge is -2.12. The second kappa shape index (κ2) is 9.75. The third-order valence-electron chi connectivity index (χ3n) is 4.81. The van der Waals surface area contributed by atoms with E-state index in [2.05, 4.69) is 20.3 Å². The summed E-state index contributed by atoms with van der Waals surface area (Å²) in [5.41, 5.74) is 6.85. The molecule has 2 heterocycles. The van der Waals surface area contributed by atoms with Crippen molar-refractivity contribution >= 4 is 17.5 Å². The second-order valence-corrected chi connectivity index (χ2v) is 7.19. The van der Waals surface area contributed by atoms with E-state index in [-0.39, 0.29) is 11.7 Å². The molecule has 0 aliphatic heterocycles. The molecule has 0 unspecified atom stereocenters. The minimum absolute atomic E-state index is 0.0242. The van der Waals surface area contributed by atoms with E-state index >= 15 is 0 Å². The number of nitrogens with zero attached hydrogens (tertiary/aromatic N) is 3. The van der Waals surface area contributed by atoms with Crippen LogP contribution < -0.4 is 25.3 Å². The van der Waals surface area contributed by atoms with Crippen molar-refractivity contribution in [3.8, 4) is 34.3 Å². The van der Waals surface area contributed by atoms with Gasteiger partial charge in [0, 0.05) is 29.6 Å². The smallest absolute Gasteiger partial charge is 0.433 e. The van der Waals surface area contributed by atoms with Gasteiger partial charge in [-0.2, -0.15) is 18.2 Å². The number of hydrogen-bond acceptors (Lipinski definition) is 8. The zero-order valence-electron chi connectivity index (χ0n) is 18.6. The zero-order valence-corrected chi connectivity index (χ0v) is 18.6. The van der Waals surface area contributed by atoms with Crippen molar-refractivity contribution < 1.29 is 27.4 Å². The number of pyridine rings is 1. The topological polar surface area (TPSA) is 104 Å². The molecule has 0 aliphatic rings. The lowest BCUT2D eigenvalue weighted by atomic mass is 10.1. The number of alkyl halides is 3. The van der Waals surface area contributed by atoms with Crippen LogP contribution in [0.1, 0.15) is 5.69 Å². The first-order valence-corrected chi connectivity index (χ1v) is 10.2. The Morgan fingerprint density at radius 3 is 2.26 bits per heavy atom. The molecule has 0 saturated carbocycles. The Labute approximate surface area is 198 Å². The Kier molecular flexibility index (Phi) is 6.58. The van der Waals surface area contributed by atoms with Gasteiger partial charge in [0.05, 0.1) is 19.9 Å². The van der Waals surface area contributed by atoms with E-state index in [0.29, 0.717) is 34.4 Å². The van der Waals surface area contributed by atoms with Crippen LogP contribution in [0.4, 0.5) is 30.6 Å². The molecule has 3 N–H and O–H groups in total. The molecule has 0 spiro atoms. The van der Waals surface area contributed by atoms with Crippen LogP contribution in [-0.2, 0) is 6.18 Å². The number of benzene rings is 2.